The molecule has 0 bridgehead atoms. The SMILES string of the molecule is CO[C@H](CO)[C@@H](O[Si](C)(C)C(C)(C)C)[C@H]1OC(C)(C)O[C@@H]1/C=C/C(C)C. The zero-order valence-corrected chi connectivity index (χ0v) is 19.3. The minimum Gasteiger partial charge on any atom is -0.408 e. The normalized spacial score (nSPS) is 26.6. The van der Waals surface area contributed by atoms with Crippen molar-refractivity contribution in [3.8, 4) is 0 Å². The lowest BCUT2D eigenvalue weighted by Crippen LogP contribution is -2.54. The van der Waals surface area contributed by atoms with Crippen LogP contribution in [0, 0.1) is 5.92 Å². The van der Waals surface area contributed by atoms with E-state index < -0.39 is 26.3 Å². The molecular weight excluding hydrogens is 348 g/mol. The monoisotopic (exact) mass is 388 g/mol. The van der Waals surface area contributed by atoms with Crippen LogP contribution in [-0.4, -0.2) is 57.3 Å². The van der Waals surface area contributed by atoms with E-state index in [0.29, 0.717) is 5.92 Å². The maximum absolute atomic E-state index is 9.89. The number of aliphatic hydroxyl groups excluding tert-OH is 1. The second kappa shape index (κ2) is 8.84. The Labute approximate surface area is 161 Å². The van der Waals surface area contributed by atoms with Gasteiger partial charge in [-0.1, -0.05) is 46.8 Å². The summed E-state index contributed by atoms with van der Waals surface area (Å²) in [5.74, 6) is -0.293. The van der Waals surface area contributed by atoms with E-state index in [0.717, 1.165) is 0 Å². The molecule has 1 aliphatic heterocycles. The van der Waals surface area contributed by atoms with E-state index >= 15 is 0 Å². The summed E-state index contributed by atoms with van der Waals surface area (Å²) < 4.78 is 24.6. The van der Waals surface area contributed by atoms with Crippen LogP contribution in [0.15, 0.2) is 12.2 Å². The number of ether oxygens (including phenoxy) is 3. The van der Waals surface area contributed by atoms with Gasteiger partial charge in [0.15, 0.2) is 14.1 Å². The van der Waals surface area contributed by atoms with Crippen molar-refractivity contribution in [1.29, 1.82) is 0 Å². The van der Waals surface area contributed by atoms with Gasteiger partial charge >= 0.3 is 0 Å². The molecule has 1 rings (SSSR count). The van der Waals surface area contributed by atoms with Crippen LogP contribution in [0.2, 0.25) is 18.1 Å². The minimum atomic E-state index is -2.10. The van der Waals surface area contributed by atoms with Crippen LogP contribution in [0.1, 0.15) is 48.5 Å². The average molecular weight is 389 g/mol. The zero-order chi connectivity index (χ0) is 20.3. The third-order valence-corrected chi connectivity index (χ3v) is 9.73. The van der Waals surface area contributed by atoms with Gasteiger partial charge in [0.05, 0.1) is 6.61 Å². The molecule has 0 unspecified atom stereocenters. The Morgan fingerprint density at radius 3 is 2.19 bits per heavy atom. The van der Waals surface area contributed by atoms with Crippen LogP contribution < -0.4 is 0 Å². The summed E-state index contributed by atoms with van der Waals surface area (Å²) in [6, 6.07) is 0. The van der Waals surface area contributed by atoms with Crippen molar-refractivity contribution in [2.75, 3.05) is 13.7 Å². The van der Waals surface area contributed by atoms with Crippen molar-refractivity contribution in [3.63, 3.8) is 0 Å². The van der Waals surface area contributed by atoms with Gasteiger partial charge in [-0.05, 0) is 37.9 Å². The van der Waals surface area contributed by atoms with E-state index in [2.05, 4.69) is 59.9 Å². The van der Waals surface area contributed by atoms with Crippen molar-refractivity contribution in [2.24, 2.45) is 5.92 Å². The number of hydrogen-bond acceptors (Lipinski definition) is 5. The van der Waals surface area contributed by atoms with Crippen molar-refractivity contribution < 1.29 is 23.7 Å². The Kier molecular flexibility index (Phi) is 8.09. The fraction of sp³-hybridized carbons (Fsp3) is 0.900. The summed E-state index contributed by atoms with van der Waals surface area (Å²) in [7, 11) is -0.502. The summed E-state index contributed by atoms with van der Waals surface area (Å²) in [5.41, 5.74) is 0. The highest BCUT2D eigenvalue weighted by Crippen LogP contribution is 2.41. The molecule has 4 atom stereocenters. The van der Waals surface area contributed by atoms with E-state index in [4.69, 9.17) is 18.6 Å². The Balaban J connectivity index is 3.22. The lowest BCUT2D eigenvalue weighted by molar-refractivity contribution is -0.164. The van der Waals surface area contributed by atoms with Crippen LogP contribution in [-0.2, 0) is 18.6 Å². The first kappa shape index (κ1) is 23.8. The molecule has 1 fully saturated rings. The predicted octanol–water partition coefficient (Wildman–Crippen LogP) is 4.12. The first-order valence-corrected chi connectivity index (χ1v) is 12.5. The molecule has 0 amide bonds. The Hall–Kier alpha value is -0.243. The molecule has 0 saturated carbocycles. The molecule has 0 spiro atoms. The first-order chi connectivity index (χ1) is 11.7. The molecule has 1 aliphatic rings. The highest BCUT2D eigenvalue weighted by atomic mass is 28.4. The van der Waals surface area contributed by atoms with E-state index in [1.165, 1.54) is 0 Å². The number of aliphatic hydroxyl groups is 1. The third kappa shape index (κ3) is 6.14. The highest BCUT2D eigenvalue weighted by molar-refractivity contribution is 6.74. The Morgan fingerprint density at radius 1 is 1.19 bits per heavy atom. The average Bonchev–Trinajstić information content (AvgIpc) is 2.79. The number of allylic oxidation sites excluding steroid dienone is 1. The Morgan fingerprint density at radius 2 is 1.77 bits per heavy atom. The topological polar surface area (TPSA) is 57.2 Å². The van der Waals surface area contributed by atoms with Gasteiger partial charge in [-0.2, -0.15) is 0 Å². The lowest BCUT2D eigenvalue weighted by atomic mass is 10.0. The maximum atomic E-state index is 9.89. The molecule has 1 N–H and O–H groups in total. The Bertz CT molecular complexity index is 463. The summed E-state index contributed by atoms with van der Waals surface area (Å²) in [6.45, 7) is 18.9. The van der Waals surface area contributed by atoms with Crippen molar-refractivity contribution in [2.45, 2.75) is 96.8 Å². The van der Waals surface area contributed by atoms with E-state index in [9.17, 15) is 5.11 Å². The summed E-state index contributed by atoms with van der Waals surface area (Å²) in [6.07, 6.45) is 2.71. The molecule has 0 aromatic heterocycles. The fourth-order valence-corrected chi connectivity index (χ4v) is 4.06. The summed E-state index contributed by atoms with van der Waals surface area (Å²) >= 11 is 0. The molecule has 0 radical (unpaired) electrons. The van der Waals surface area contributed by atoms with Crippen molar-refractivity contribution in [3.05, 3.63) is 12.2 Å². The van der Waals surface area contributed by atoms with Crippen LogP contribution in [0.4, 0.5) is 0 Å². The van der Waals surface area contributed by atoms with Gasteiger partial charge in [0.2, 0.25) is 0 Å². The molecule has 5 nitrogen and oxygen atoms in total. The smallest absolute Gasteiger partial charge is 0.192 e. The molecule has 6 heteroatoms. The van der Waals surface area contributed by atoms with Crippen molar-refractivity contribution >= 4 is 8.32 Å². The van der Waals surface area contributed by atoms with Crippen LogP contribution in [0.25, 0.3) is 0 Å². The molecule has 1 saturated heterocycles. The largest absolute Gasteiger partial charge is 0.408 e. The van der Waals surface area contributed by atoms with E-state index in [1.807, 2.05) is 13.8 Å². The van der Waals surface area contributed by atoms with Gasteiger partial charge in [-0.3, -0.25) is 0 Å². The molecule has 26 heavy (non-hydrogen) atoms. The van der Waals surface area contributed by atoms with Gasteiger partial charge < -0.3 is 23.7 Å². The standard InChI is InChI=1S/C20H40O5Si/c1-14(2)11-12-15-17(24-20(6,7)23-15)18(16(13-21)22-8)25-26(9,10)19(3,4)5/h11-12,14-18,21H,13H2,1-10H3/b12-11+/t15-,16-,17+,18-/m1/s1. The minimum absolute atomic E-state index is 0.0389. The van der Waals surface area contributed by atoms with Crippen molar-refractivity contribution in [1.82, 2.24) is 0 Å². The van der Waals surface area contributed by atoms with Gasteiger partial charge in [0.25, 0.3) is 0 Å². The first-order valence-electron chi connectivity index (χ1n) is 9.59. The number of rotatable bonds is 8. The zero-order valence-electron chi connectivity index (χ0n) is 18.3. The second-order valence-electron chi connectivity index (χ2n) is 9.49. The van der Waals surface area contributed by atoms with Gasteiger partial charge in [-0.15, -0.1) is 0 Å². The maximum Gasteiger partial charge on any atom is 0.192 e. The van der Waals surface area contributed by atoms with Crippen LogP contribution >= 0.6 is 0 Å². The molecule has 0 aromatic rings. The summed E-state index contributed by atoms with van der Waals surface area (Å²) in [5, 5.41) is 9.93. The second-order valence-corrected chi connectivity index (χ2v) is 14.2. The third-order valence-electron chi connectivity index (χ3n) is 5.26. The number of methoxy groups -OCH3 is 1. The van der Waals surface area contributed by atoms with E-state index in [1.54, 1.807) is 7.11 Å². The summed E-state index contributed by atoms with van der Waals surface area (Å²) in [4.78, 5) is 0. The van der Waals surface area contributed by atoms with Crippen LogP contribution in [0.5, 0.6) is 0 Å². The van der Waals surface area contributed by atoms with Crippen LogP contribution in [0.3, 0.4) is 0 Å². The predicted molar refractivity (Wildman–Crippen MR) is 108 cm³/mol. The van der Waals surface area contributed by atoms with E-state index in [-0.39, 0.29) is 23.9 Å². The number of hydrogen-bond donors (Lipinski definition) is 1. The fourth-order valence-electron chi connectivity index (χ4n) is 2.74. The lowest BCUT2D eigenvalue weighted by Gasteiger charge is -2.42. The quantitative estimate of drug-likeness (QED) is 0.501. The van der Waals surface area contributed by atoms with Gasteiger partial charge in [0.1, 0.15) is 24.4 Å². The molecule has 0 aromatic carbocycles. The molecule has 1 heterocycles. The van der Waals surface area contributed by atoms with Gasteiger partial charge in [0, 0.05) is 7.11 Å². The molecule has 0 aliphatic carbocycles. The molecule has 154 valence electrons. The molecular formula is C20H40O5Si. The van der Waals surface area contributed by atoms with Gasteiger partial charge in [-0.25, -0.2) is 0 Å². The highest BCUT2D eigenvalue weighted by Gasteiger charge is 2.50.